The van der Waals surface area contributed by atoms with E-state index < -0.39 is 5.97 Å². The van der Waals surface area contributed by atoms with Gasteiger partial charge in [-0.05, 0) is 69.7 Å². The highest BCUT2D eigenvalue weighted by atomic mass is 35.5. The summed E-state index contributed by atoms with van der Waals surface area (Å²) in [5.74, 6) is 5.28. The van der Waals surface area contributed by atoms with Gasteiger partial charge in [0.05, 0.1) is 17.4 Å². The minimum absolute atomic E-state index is 0.0220. The highest BCUT2D eigenvalue weighted by molar-refractivity contribution is 7.09. The molecule has 1 aromatic heterocycles. The number of rotatable bonds is 12. The summed E-state index contributed by atoms with van der Waals surface area (Å²) < 4.78 is 0. The van der Waals surface area contributed by atoms with Crippen LogP contribution < -0.4 is 0 Å². The molecule has 39 heavy (non-hydrogen) atoms. The molecule has 0 spiro atoms. The van der Waals surface area contributed by atoms with Crippen LogP contribution in [0.1, 0.15) is 73.3 Å². The molecule has 1 atom stereocenters. The maximum absolute atomic E-state index is 13.7. The van der Waals surface area contributed by atoms with Crippen LogP contribution >= 0.6 is 22.9 Å². The highest BCUT2D eigenvalue weighted by Gasteiger charge is 2.30. The maximum atomic E-state index is 13.7. The summed E-state index contributed by atoms with van der Waals surface area (Å²) in [4.78, 5) is 40.1. The summed E-state index contributed by atoms with van der Waals surface area (Å²) in [6.07, 6.45) is 15.6. The van der Waals surface area contributed by atoms with Crippen molar-refractivity contribution in [2.45, 2.75) is 57.9 Å². The number of nitrogens with zero attached hydrogens (tertiary/aromatic N) is 4. The van der Waals surface area contributed by atoms with E-state index in [2.05, 4.69) is 26.8 Å². The van der Waals surface area contributed by atoms with Gasteiger partial charge in [-0.25, -0.2) is 4.98 Å². The van der Waals surface area contributed by atoms with E-state index in [0.717, 1.165) is 29.8 Å². The van der Waals surface area contributed by atoms with Crippen LogP contribution in [0.25, 0.3) is 0 Å². The minimum atomic E-state index is -0.802. The molecule has 1 saturated heterocycles. The van der Waals surface area contributed by atoms with Gasteiger partial charge in [-0.1, -0.05) is 18.1 Å². The summed E-state index contributed by atoms with van der Waals surface area (Å²) in [5, 5.41) is 11.8. The summed E-state index contributed by atoms with van der Waals surface area (Å²) in [5.41, 5.74) is 2.51. The molecule has 9 heteroatoms. The van der Waals surface area contributed by atoms with Gasteiger partial charge in [0.2, 0.25) is 0 Å². The maximum Gasteiger partial charge on any atom is 0.303 e. The SMILES string of the molecule is CC#C/C=C(\C=C/CCl)/C=N/c1ccc(C(=O)N2CCCCC2c2nccs2)cc1/N=C/CCCCC(=O)O. The zero-order chi connectivity index (χ0) is 27.9. The largest absolute Gasteiger partial charge is 0.481 e. The molecule has 2 aromatic rings. The zero-order valence-electron chi connectivity index (χ0n) is 22.1. The number of amides is 1. The Balaban J connectivity index is 1.89. The monoisotopic (exact) mass is 564 g/mol. The molecule has 1 unspecified atom stereocenters. The van der Waals surface area contributed by atoms with Crippen molar-refractivity contribution >= 4 is 58.6 Å². The Bertz CT molecular complexity index is 1290. The Hall–Kier alpha value is -3.54. The molecule has 0 aliphatic carbocycles. The second-order valence-electron chi connectivity index (χ2n) is 8.89. The lowest BCUT2D eigenvalue weighted by molar-refractivity contribution is -0.137. The van der Waals surface area contributed by atoms with Crippen LogP contribution in [0.3, 0.4) is 0 Å². The fraction of sp³-hybridized carbons (Fsp3) is 0.367. The van der Waals surface area contributed by atoms with Crippen molar-refractivity contribution in [1.82, 2.24) is 9.88 Å². The van der Waals surface area contributed by atoms with Crippen molar-refractivity contribution in [3.63, 3.8) is 0 Å². The number of carboxylic acids is 1. The van der Waals surface area contributed by atoms with Crippen LogP contribution in [0, 0.1) is 11.8 Å². The van der Waals surface area contributed by atoms with Crippen LogP contribution in [-0.2, 0) is 4.79 Å². The smallest absolute Gasteiger partial charge is 0.303 e. The number of hydrogen-bond donors (Lipinski definition) is 1. The van der Waals surface area contributed by atoms with Crippen molar-refractivity contribution in [3.8, 4) is 11.8 Å². The van der Waals surface area contributed by atoms with E-state index in [-0.39, 0.29) is 18.4 Å². The van der Waals surface area contributed by atoms with E-state index in [9.17, 15) is 9.59 Å². The molecule has 7 nitrogen and oxygen atoms in total. The first-order valence-electron chi connectivity index (χ1n) is 13.0. The van der Waals surface area contributed by atoms with Gasteiger partial charge in [0.15, 0.2) is 0 Å². The number of allylic oxidation sites excluding steroid dienone is 4. The second kappa shape index (κ2) is 16.4. The van der Waals surface area contributed by atoms with Gasteiger partial charge < -0.3 is 10.0 Å². The lowest BCUT2D eigenvalue weighted by Gasteiger charge is -2.34. The molecule has 1 amide bonds. The van der Waals surface area contributed by atoms with E-state index >= 15 is 0 Å². The average molecular weight is 565 g/mol. The first-order chi connectivity index (χ1) is 19.0. The fourth-order valence-corrected chi connectivity index (χ4v) is 5.02. The van der Waals surface area contributed by atoms with Crippen molar-refractivity contribution in [2.75, 3.05) is 12.4 Å². The van der Waals surface area contributed by atoms with Crippen molar-refractivity contribution in [2.24, 2.45) is 9.98 Å². The fourth-order valence-electron chi connectivity index (χ4n) is 4.15. The molecule has 0 saturated carbocycles. The third kappa shape index (κ3) is 9.61. The quantitative estimate of drug-likeness (QED) is 0.0961. The molecule has 1 N–H and O–H groups in total. The topological polar surface area (TPSA) is 95.2 Å². The summed E-state index contributed by atoms with van der Waals surface area (Å²) >= 11 is 7.38. The normalized spacial score (nSPS) is 16.2. The summed E-state index contributed by atoms with van der Waals surface area (Å²) in [6.45, 7) is 2.45. The molecule has 1 aliphatic rings. The van der Waals surface area contributed by atoms with E-state index in [1.54, 1.807) is 61.2 Å². The number of benzene rings is 1. The molecular weight excluding hydrogens is 532 g/mol. The van der Waals surface area contributed by atoms with E-state index in [0.29, 0.717) is 48.6 Å². The predicted molar refractivity (Wildman–Crippen MR) is 160 cm³/mol. The summed E-state index contributed by atoms with van der Waals surface area (Å²) in [6, 6.07) is 5.35. The third-order valence-electron chi connectivity index (χ3n) is 6.06. The first-order valence-corrected chi connectivity index (χ1v) is 14.4. The number of aliphatic carboxylic acids is 1. The van der Waals surface area contributed by atoms with Crippen molar-refractivity contribution in [1.29, 1.82) is 0 Å². The van der Waals surface area contributed by atoms with Crippen LogP contribution in [-0.4, -0.2) is 51.7 Å². The molecule has 1 fully saturated rings. The predicted octanol–water partition coefficient (Wildman–Crippen LogP) is 7.30. The number of alkyl halides is 1. The Kier molecular flexibility index (Phi) is 12.6. The second-order valence-corrected chi connectivity index (χ2v) is 10.1. The number of piperidine rings is 1. The van der Waals surface area contributed by atoms with Gasteiger partial charge >= 0.3 is 5.97 Å². The van der Waals surface area contributed by atoms with Crippen molar-refractivity contribution < 1.29 is 14.7 Å². The Labute approximate surface area is 239 Å². The van der Waals surface area contributed by atoms with Gasteiger partial charge in [0.25, 0.3) is 5.91 Å². The zero-order valence-corrected chi connectivity index (χ0v) is 23.6. The number of carbonyl (C=O) groups is 2. The van der Waals surface area contributed by atoms with Crippen LogP contribution in [0.4, 0.5) is 11.4 Å². The molecule has 1 aromatic carbocycles. The third-order valence-corrected chi connectivity index (χ3v) is 7.12. The van der Waals surface area contributed by atoms with Gasteiger partial charge in [-0.3, -0.25) is 19.6 Å². The van der Waals surface area contributed by atoms with E-state index in [1.165, 1.54) is 0 Å². The standard InChI is InChI=1S/C30H33ClN4O3S/c1-2-3-10-23(11-9-16-31)22-34-25-15-14-24(21-26(25)32-17-7-4-5-13-28(36)37)30(38)35-19-8-6-12-27(35)29-33-18-20-39-29/h9-11,14-15,17-18,20-22,27H,4-8,12-13,16,19H2,1H3,(H,36,37)/b11-9-,23-10+,32-17+,34-22+. The van der Waals surface area contributed by atoms with E-state index in [1.807, 2.05) is 22.4 Å². The minimum Gasteiger partial charge on any atom is -0.481 e. The first kappa shape index (κ1) is 30.0. The Morgan fingerprint density at radius 1 is 1.26 bits per heavy atom. The molecular formula is C30H33ClN4O3S. The number of carbonyl (C=O) groups excluding carboxylic acids is 1. The van der Waals surface area contributed by atoms with Gasteiger partial charge in [-0.2, -0.15) is 0 Å². The average Bonchev–Trinajstić information content (AvgIpc) is 3.49. The molecule has 1 aliphatic heterocycles. The number of aliphatic imine (C=N–C) groups is 2. The number of aromatic nitrogens is 1. The van der Waals surface area contributed by atoms with Gasteiger partial charge in [-0.15, -0.1) is 28.9 Å². The number of carboxylic acid groups (broad SMARTS) is 1. The van der Waals surface area contributed by atoms with E-state index in [4.69, 9.17) is 16.7 Å². The number of likely N-dealkylation sites (tertiary alicyclic amines) is 1. The van der Waals surface area contributed by atoms with Crippen LogP contribution in [0.15, 0.2) is 63.6 Å². The van der Waals surface area contributed by atoms with Crippen LogP contribution in [0.2, 0.25) is 0 Å². The van der Waals surface area contributed by atoms with Gasteiger partial charge in [0.1, 0.15) is 5.01 Å². The number of halogens is 1. The molecule has 204 valence electrons. The lowest BCUT2D eigenvalue weighted by Crippen LogP contribution is -2.38. The van der Waals surface area contributed by atoms with Crippen LogP contribution in [0.5, 0.6) is 0 Å². The molecule has 0 radical (unpaired) electrons. The Morgan fingerprint density at radius 3 is 2.87 bits per heavy atom. The van der Waals surface area contributed by atoms with Crippen molar-refractivity contribution in [3.05, 3.63) is 64.1 Å². The lowest BCUT2D eigenvalue weighted by atomic mass is 10.0. The van der Waals surface area contributed by atoms with Gasteiger partial charge in [0, 0.05) is 54.0 Å². The number of hydrogen-bond acceptors (Lipinski definition) is 6. The molecule has 0 bridgehead atoms. The Morgan fingerprint density at radius 2 is 2.13 bits per heavy atom. The number of thiazole rings is 1. The molecule has 2 heterocycles. The number of unbranched alkanes of at least 4 members (excludes halogenated alkanes) is 2. The highest BCUT2D eigenvalue weighted by Crippen LogP contribution is 2.35. The summed E-state index contributed by atoms with van der Waals surface area (Å²) in [7, 11) is 0. The molecule has 3 rings (SSSR count).